The van der Waals surface area contributed by atoms with Gasteiger partial charge in [0, 0.05) is 25.4 Å². The van der Waals surface area contributed by atoms with E-state index < -0.39 is 0 Å². The molecule has 0 aromatic heterocycles. The average molecular weight is 219 g/mol. The molecule has 0 bridgehead atoms. The Bertz CT molecular complexity index is 314. The molecule has 0 saturated carbocycles. The predicted octanol–water partition coefficient (Wildman–Crippen LogP) is 2.46. The van der Waals surface area contributed by atoms with Crippen LogP contribution in [0.2, 0.25) is 0 Å². The van der Waals surface area contributed by atoms with Crippen molar-refractivity contribution in [2.24, 2.45) is 5.92 Å². The van der Waals surface area contributed by atoms with Crippen molar-refractivity contribution in [3.8, 4) is 0 Å². The summed E-state index contributed by atoms with van der Waals surface area (Å²) in [5.74, 6) is 0.905. The van der Waals surface area contributed by atoms with Crippen LogP contribution in [0.15, 0.2) is 24.3 Å². The first-order valence-electron chi connectivity index (χ1n) is 6.28. The maximum absolute atomic E-state index is 8.84. The summed E-state index contributed by atoms with van der Waals surface area (Å²) in [5.41, 5.74) is 2.55. The van der Waals surface area contributed by atoms with Gasteiger partial charge in [0.05, 0.1) is 0 Å². The topological polar surface area (TPSA) is 23.5 Å². The predicted molar refractivity (Wildman–Crippen MR) is 67.8 cm³/mol. The van der Waals surface area contributed by atoms with Gasteiger partial charge in [-0.2, -0.15) is 0 Å². The second kappa shape index (κ2) is 5.35. The molecule has 2 nitrogen and oxygen atoms in total. The molecule has 1 aliphatic rings. The van der Waals surface area contributed by atoms with Gasteiger partial charge in [0.1, 0.15) is 0 Å². The summed E-state index contributed by atoms with van der Waals surface area (Å²) >= 11 is 0. The molecule has 1 fully saturated rings. The highest BCUT2D eigenvalue weighted by Crippen LogP contribution is 2.27. The largest absolute Gasteiger partial charge is 0.396 e. The van der Waals surface area contributed by atoms with Crippen LogP contribution in [0, 0.1) is 5.92 Å². The van der Waals surface area contributed by atoms with Gasteiger partial charge in [-0.05, 0) is 36.5 Å². The van der Waals surface area contributed by atoms with Gasteiger partial charge in [0.25, 0.3) is 0 Å². The maximum Gasteiger partial charge on any atom is 0.0471 e. The van der Waals surface area contributed by atoms with Gasteiger partial charge in [-0.25, -0.2) is 0 Å². The van der Waals surface area contributed by atoms with E-state index in [4.69, 9.17) is 5.11 Å². The van der Waals surface area contributed by atoms with E-state index >= 15 is 0 Å². The lowest BCUT2D eigenvalue weighted by Crippen LogP contribution is -2.46. The van der Waals surface area contributed by atoms with Gasteiger partial charge < -0.3 is 10.0 Å². The average Bonchev–Trinajstić information content (AvgIpc) is 2.25. The first kappa shape index (κ1) is 11.5. The van der Waals surface area contributed by atoms with Crippen LogP contribution >= 0.6 is 0 Å². The number of hydrogen-bond donors (Lipinski definition) is 1. The number of aliphatic hydroxyl groups excluding tert-OH is 1. The van der Waals surface area contributed by atoms with Crippen molar-refractivity contribution in [1.82, 2.24) is 0 Å². The van der Waals surface area contributed by atoms with Gasteiger partial charge in [-0.15, -0.1) is 0 Å². The number of aliphatic hydroxyl groups is 1. The normalized spacial score (nSPS) is 16.2. The minimum atomic E-state index is 0.238. The fourth-order valence-electron chi connectivity index (χ4n) is 2.37. The monoisotopic (exact) mass is 219 g/mol. The van der Waals surface area contributed by atoms with Gasteiger partial charge in [-0.1, -0.05) is 25.5 Å². The molecule has 0 spiro atoms. The summed E-state index contributed by atoms with van der Waals surface area (Å²) in [4.78, 5) is 2.43. The second-order valence-electron chi connectivity index (χ2n) is 4.70. The summed E-state index contributed by atoms with van der Waals surface area (Å²) < 4.78 is 0. The van der Waals surface area contributed by atoms with Crippen molar-refractivity contribution in [2.75, 3.05) is 24.6 Å². The zero-order valence-corrected chi connectivity index (χ0v) is 10.0. The highest BCUT2D eigenvalue weighted by molar-refractivity contribution is 5.49. The van der Waals surface area contributed by atoms with Crippen molar-refractivity contribution in [1.29, 1.82) is 0 Å². The third-order valence-corrected chi connectivity index (χ3v) is 3.36. The molecule has 1 aromatic carbocycles. The van der Waals surface area contributed by atoms with E-state index in [1.165, 1.54) is 37.2 Å². The van der Waals surface area contributed by atoms with Gasteiger partial charge in [0.2, 0.25) is 0 Å². The van der Waals surface area contributed by atoms with Crippen LogP contribution in [0.5, 0.6) is 0 Å². The van der Waals surface area contributed by atoms with E-state index in [-0.39, 0.29) is 6.61 Å². The van der Waals surface area contributed by atoms with Crippen LogP contribution in [-0.2, 0) is 6.42 Å². The number of benzene rings is 1. The minimum Gasteiger partial charge on any atom is -0.396 e. The number of anilines is 1. The molecule has 2 rings (SSSR count). The zero-order valence-electron chi connectivity index (χ0n) is 10.0. The summed E-state index contributed by atoms with van der Waals surface area (Å²) in [6.07, 6.45) is 3.42. The zero-order chi connectivity index (χ0) is 11.4. The van der Waals surface area contributed by atoms with E-state index in [9.17, 15) is 0 Å². The van der Waals surface area contributed by atoms with E-state index in [1.807, 2.05) is 0 Å². The molecule has 1 heterocycles. The Labute approximate surface area is 97.9 Å². The van der Waals surface area contributed by atoms with Crippen LogP contribution in [0.4, 0.5) is 5.69 Å². The van der Waals surface area contributed by atoms with Gasteiger partial charge in [-0.3, -0.25) is 0 Å². The Morgan fingerprint density at radius 2 is 1.94 bits per heavy atom. The third kappa shape index (κ3) is 2.56. The van der Waals surface area contributed by atoms with Crippen LogP contribution in [-0.4, -0.2) is 24.8 Å². The fraction of sp³-hybridized carbons (Fsp3) is 0.571. The molecule has 0 atom stereocenters. The summed E-state index contributed by atoms with van der Waals surface area (Å²) in [7, 11) is 0. The van der Waals surface area contributed by atoms with E-state index in [0.29, 0.717) is 0 Å². The summed E-state index contributed by atoms with van der Waals surface area (Å²) in [6.45, 7) is 4.92. The van der Waals surface area contributed by atoms with Crippen molar-refractivity contribution in [3.05, 3.63) is 29.8 Å². The fourth-order valence-corrected chi connectivity index (χ4v) is 2.37. The summed E-state index contributed by atoms with van der Waals surface area (Å²) in [5, 5.41) is 8.84. The Kier molecular flexibility index (Phi) is 3.83. The maximum atomic E-state index is 8.84. The van der Waals surface area contributed by atoms with Crippen molar-refractivity contribution < 1.29 is 5.11 Å². The van der Waals surface area contributed by atoms with Crippen molar-refractivity contribution >= 4 is 5.69 Å². The van der Waals surface area contributed by atoms with Gasteiger partial charge in [0.15, 0.2) is 0 Å². The standard InChI is InChI=1S/C14H21NO/c1-2-3-13-10-15(11-13)14-6-4-12(5-7-14)8-9-16/h4-7,13,16H,2-3,8-11H2,1H3. The second-order valence-corrected chi connectivity index (χ2v) is 4.70. The van der Waals surface area contributed by atoms with E-state index in [2.05, 4.69) is 36.1 Å². The summed E-state index contributed by atoms with van der Waals surface area (Å²) in [6, 6.07) is 8.59. The molecule has 16 heavy (non-hydrogen) atoms. The van der Waals surface area contributed by atoms with Gasteiger partial charge >= 0.3 is 0 Å². The lowest BCUT2D eigenvalue weighted by molar-refractivity contribution is 0.299. The Morgan fingerprint density at radius 1 is 1.25 bits per heavy atom. The smallest absolute Gasteiger partial charge is 0.0471 e. The molecule has 0 unspecified atom stereocenters. The Balaban J connectivity index is 1.87. The SMILES string of the molecule is CCCC1CN(c2ccc(CCO)cc2)C1. The Hall–Kier alpha value is -1.02. The van der Waals surface area contributed by atoms with E-state index in [1.54, 1.807) is 0 Å². The molecule has 1 aromatic rings. The van der Waals surface area contributed by atoms with Crippen LogP contribution in [0.3, 0.4) is 0 Å². The van der Waals surface area contributed by atoms with Crippen LogP contribution < -0.4 is 4.90 Å². The molecule has 0 aliphatic carbocycles. The van der Waals surface area contributed by atoms with Crippen molar-refractivity contribution in [2.45, 2.75) is 26.2 Å². The third-order valence-electron chi connectivity index (χ3n) is 3.36. The molecule has 0 radical (unpaired) electrons. The van der Waals surface area contributed by atoms with Crippen molar-refractivity contribution in [3.63, 3.8) is 0 Å². The highest BCUT2D eigenvalue weighted by Gasteiger charge is 2.25. The van der Waals surface area contributed by atoms with Crippen LogP contribution in [0.25, 0.3) is 0 Å². The number of rotatable bonds is 5. The van der Waals surface area contributed by atoms with Crippen LogP contribution in [0.1, 0.15) is 25.3 Å². The molecule has 1 N–H and O–H groups in total. The number of hydrogen-bond acceptors (Lipinski definition) is 2. The minimum absolute atomic E-state index is 0.238. The molecule has 1 aliphatic heterocycles. The lowest BCUT2D eigenvalue weighted by atomic mass is 9.94. The molecule has 1 saturated heterocycles. The van der Waals surface area contributed by atoms with E-state index in [0.717, 1.165) is 12.3 Å². The molecule has 2 heteroatoms. The molecular formula is C14H21NO. The lowest BCUT2D eigenvalue weighted by Gasteiger charge is -2.41. The first-order valence-corrected chi connectivity index (χ1v) is 6.28. The molecule has 0 amide bonds. The first-order chi connectivity index (χ1) is 7.83. The molecular weight excluding hydrogens is 198 g/mol. The Morgan fingerprint density at radius 3 is 2.50 bits per heavy atom. The highest BCUT2D eigenvalue weighted by atomic mass is 16.2. The molecule has 88 valence electrons. The number of nitrogens with zero attached hydrogens (tertiary/aromatic N) is 1. The quantitative estimate of drug-likeness (QED) is 0.822.